The second-order valence-corrected chi connectivity index (χ2v) is 5.18. The average molecular weight is 275 g/mol. The molecule has 0 radical (unpaired) electrons. The largest absolute Gasteiger partial charge is 0.377 e. The Morgan fingerprint density at radius 1 is 1.16 bits per heavy atom. The zero-order valence-electron chi connectivity index (χ0n) is 11.3. The number of anilines is 1. The van der Waals surface area contributed by atoms with Crippen molar-refractivity contribution >= 4 is 17.3 Å². The summed E-state index contributed by atoms with van der Waals surface area (Å²) in [7, 11) is 0. The smallest absolute Gasteiger partial charge is 0.0650 e. The van der Waals surface area contributed by atoms with Crippen LogP contribution in [0, 0.1) is 13.8 Å². The summed E-state index contributed by atoms with van der Waals surface area (Å²) in [5.74, 6) is 0. The van der Waals surface area contributed by atoms with Gasteiger partial charge in [0.05, 0.1) is 6.04 Å². The Kier molecular flexibility index (Phi) is 4.46. The van der Waals surface area contributed by atoms with E-state index in [-0.39, 0.29) is 6.04 Å². The number of benzene rings is 2. The quantitative estimate of drug-likeness (QED) is 0.882. The van der Waals surface area contributed by atoms with Crippen LogP contribution in [0.5, 0.6) is 0 Å². The molecule has 0 saturated carbocycles. The summed E-state index contributed by atoms with van der Waals surface area (Å²) in [6, 6.07) is 14.2. The first kappa shape index (κ1) is 13.9. The van der Waals surface area contributed by atoms with Crippen molar-refractivity contribution in [3.05, 3.63) is 64.2 Å². The van der Waals surface area contributed by atoms with Crippen LogP contribution in [0.2, 0.25) is 5.02 Å². The molecule has 1 atom stereocenters. The van der Waals surface area contributed by atoms with Gasteiger partial charge < -0.3 is 11.1 Å². The van der Waals surface area contributed by atoms with E-state index in [1.807, 2.05) is 24.3 Å². The molecule has 2 nitrogen and oxygen atoms in total. The van der Waals surface area contributed by atoms with E-state index < -0.39 is 0 Å². The maximum atomic E-state index is 6.24. The van der Waals surface area contributed by atoms with Gasteiger partial charge in [-0.1, -0.05) is 41.9 Å². The number of halogens is 1. The first-order valence-corrected chi connectivity index (χ1v) is 6.78. The van der Waals surface area contributed by atoms with E-state index in [4.69, 9.17) is 17.3 Å². The number of nitrogens with one attached hydrogen (secondary N) is 1. The highest BCUT2D eigenvalue weighted by molar-refractivity contribution is 6.31. The molecular weight excluding hydrogens is 256 g/mol. The Labute approximate surface area is 119 Å². The lowest BCUT2D eigenvalue weighted by Gasteiger charge is -2.21. The minimum atomic E-state index is 0.0224. The summed E-state index contributed by atoms with van der Waals surface area (Å²) < 4.78 is 0. The number of hydrogen-bond acceptors (Lipinski definition) is 2. The fraction of sp³-hybridized carbons (Fsp3) is 0.250. The van der Waals surface area contributed by atoms with Gasteiger partial charge in [0.1, 0.15) is 0 Å². The number of hydrogen-bond donors (Lipinski definition) is 2. The lowest BCUT2D eigenvalue weighted by molar-refractivity contribution is 0.789. The third-order valence-electron chi connectivity index (χ3n) is 3.24. The Morgan fingerprint density at radius 3 is 2.58 bits per heavy atom. The van der Waals surface area contributed by atoms with Crippen LogP contribution in [0.4, 0.5) is 5.69 Å². The normalized spacial score (nSPS) is 12.2. The maximum Gasteiger partial charge on any atom is 0.0650 e. The molecule has 0 bridgehead atoms. The highest BCUT2D eigenvalue weighted by Crippen LogP contribution is 2.27. The molecule has 0 fully saturated rings. The van der Waals surface area contributed by atoms with E-state index in [2.05, 4.69) is 37.4 Å². The molecule has 19 heavy (non-hydrogen) atoms. The summed E-state index contributed by atoms with van der Waals surface area (Å²) in [6.45, 7) is 4.66. The maximum absolute atomic E-state index is 6.24. The SMILES string of the molecule is Cc1ccc(C)c(NC(CN)c2ccccc2Cl)c1. The summed E-state index contributed by atoms with van der Waals surface area (Å²) in [5.41, 5.74) is 10.5. The third-order valence-corrected chi connectivity index (χ3v) is 3.58. The van der Waals surface area contributed by atoms with Gasteiger partial charge in [-0.15, -0.1) is 0 Å². The fourth-order valence-corrected chi connectivity index (χ4v) is 2.37. The van der Waals surface area contributed by atoms with Crippen LogP contribution < -0.4 is 11.1 Å². The molecule has 0 spiro atoms. The lowest BCUT2D eigenvalue weighted by Crippen LogP contribution is -2.21. The molecule has 2 aromatic rings. The molecular formula is C16H19ClN2. The Hall–Kier alpha value is -1.51. The van der Waals surface area contributed by atoms with Gasteiger partial charge in [-0.05, 0) is 42.7 Å². The molecule has 1 unspecified atom stereocenters. The van der Waals surface area contributed by atoms with Crippen LogP contribution >= 0.6 is 11.6 Å². The van der Waals surface area contributed by atoms with Crippen molar-refractivity contribution in [1.82, 2.24) is 0 Å². The highest BCUT2D eigenvalue weighted by Gasteiger charge is 2.13. The molecule has 3 heteroatoms. The zero-order valence-corrected chi connectivity index (χ0v) is 12.0. The van der Waals surface area contributed by atoms with Gasteiger partial charge in [0.2, 0.25) is 0 Å². The van der Waals surface area contributed by atoms with E-state index in [9.17, 15) is 0 Å². The van der Waals surface area contributed by atoms with Crippen molar-refractivity contribution < 1.29 is 0 Å². The van der Waals surface area contributed by atoms with Crippen LogP contribution in [-0.4, -0.2) is 6.54 Å². The number of nitrogens with two attached hydrogens (primary N) is 1. The molecule has 2 aromatic carbocycles. The van der Waals surface area contributed by atoms with Gasteiger partial charge in [0.25, 0.3) is 0 Å². The van der Waals surface area contributed by atoms with Gasteiger partial charge in [0, 0.05) is 17.3 Å². The minimum absolute atomic E-state index is 0.0224. The van der Waals surface area contributed by atoms with Crippen LogP contribution in [-0.2, 0) is 0 Å². The van der Waals surface area contributed by atoms with Crippen molar-refractivity contribution in [1.29, 1.82) is 0 Å². The molecule has 0 aromatic heterocycles. The molecule has 0 aliphatic rings. The number of rotatable bonds is 4. The van der Waals surface area contributed by atoms with Gasteiger partial charge in [-0.25, -0.2) is 0 Å². The first-order chi connectivity index (χ1) is 9.11. The molecule has 0 heterocycles. The van der Waals surface area contributed by atoms with Gasteiger partial charge in [-0.2, -0.15) is 0 Å². The summed E-state index contributed by atoms with van der Waals surface area (Å²) in [5, 5.41) is 4.23. The van der Waals surface area contributed by atoms with E-state index in [1.54, 1.807) is 0 Å². The summed E-state index contributed by atoms with van der Waals surface area (Å²) in [4.78, 5) is 0. The molecule has 2 rings (SSSR count). The van der Waals surface area contributed by atoms with Crippen molar-refractivity contribution in [3.63, 3.8) is 0 Å². The second-order valence-electron chi connectivity index (χ2n) is 4.77. The first-order valence-electron chi connectivity index (χ1n) is 6.40. The average Bonchev–Trinajstić information content (AvgIpc) is 2.41. The molecule has 0 saturated heterocycles. The summed E-state index contributed by atoms with van der Waals surface area (Å²) >= 11 is 6.24. The molecule has 100 valence electrons. The van der Waals surface area contributed by atoms with Crippen molar-refractivity contribution in [2.45, 2.75) is 19.9 Å². The van der Waals surface area contributed by atoms with Crippen LogP contribution in [0.3, 0.4) is 0 Å². The van der Waals surface area contributed by atoms with Gasteiger partial charge >= 0.3 is 0 Å². The predicted molar refractivity (Wildman–Crippen MR) is 82.8 cm³/mol. The third kappa shape index (κ3) is 3.28. The highest BCUT2D eigenvalue weighted by atomic mass is 35.5. The standard InChI is InChI=1S/C16H19ClN2/c1-11-7-8-12(2)15(9-11)19-16(10-18)13-5-3-4-6-14(13)17/h3-9,16,19H,10,18H2,1-2H3. The molecule has 0 aliphatic carbocycles. The predicted octanol–water partition coefficient (Wildman–Crippen LogP) is 4.07. The van der Waals surface area contributed by atoms with Gasteiger partial charge in [-0.3, -0.25) is 0 Å². The van der Waals surface area contributed by atoms with Crippen molar-refractivity contribution in [2.24, 2.45) is 5.73 Å². The van der Waals surface area contributed by atoms with Crippen LogP contribution in [0.1, 0.15) is 22.7 Å². The molecule has 0 aliphatic heterocycles. The Bertz CT molecular complexity index is 566. The summed E-state index contributed by atoms with van der Waals surface area (Å²) in [6.07, 6.45) is 0. The fourth-order valence-electron chi connectivity index (χ4n) is 2.10. The van der Waals surface area contributed by atoms with E-state index in [1.165, 1.54) is 11.1 Å². The van der Waals surface area contributed by atoms with E-state index in [0.29, 0.717) is 6.54 Å². The Balaban J connectivity index is 2.29. The molecule has 3 N–H and O–H groups in total. The van der Waals surface area contributed by atoms with Crippen molar-refractivity contribution in [2.75, 3.05) is 11.9 Å². The van der Waals surface area contributed by atoms with Crippen LogP contribution in [0.25, 0.3) is 0 Å². The van der Waals surface area contributed by atoms with E-state index >= 15 is 0 Å². The second kappa shape index (κ2) is 6.09. The van der Waals surface area contributed by atoms with E-state index in [0.717, 1.165) is 16.3 Å². The monoisotopic (exact) mass is 274 g/mol. The Morgan fingerprint density at radius 2 is 1.89 bits per heavy atom. The molecule has 0 amide bonds. The van der Waals surface area contributed by atoms with Crippen LogP contribution in [0.15, 0.2) is 42.5 Å². The lowest BCUT2D eigenvalue weighted by atomic mass is 10.0. The van der Waals surface area contributed by atoms with Gasteiger partial charge in [0.15, 0.2) is 0 Å². The van der Waals surface area contributed by atoms with Crippen molar-refractivity contribution in [3.8, 4) is 0 Å². The minimum Gasteiger partial charge on any atom is -0.377 e. The zero-order chi connectivity index (χ0) is 13.8. The topological polar surface area (TPSA) is 38.0 Å². The number of aryl methyl sites for hydroxylation is 2.